The number of benzene rings is 1. The molecule has 0 aromatic heterocycles. The molecule has 1 aromatic rings. The third-order valence-electron chi connectivity index (χ3n) is 2.79. The standard InChI is InChI=1S/C13H15ClF3N/c1-9(18)10(6-4-8-14)11-5-2-3-7-12(11)13(15,16)17/h2-3,5,7,10,18H,4,6,8H2,1H3. The molecule has 0 bridgehead atoms. The lowest BCUT2D eigenvalue weighted by molar-refractivity contribution is -0.138. The fourth-order valence-electron chi connectivity index (χ4n) is 1.95. The van der Waals surface area contributed by atoms with Crippen LogP contribution in [0.3, 0.4) is 0 Å². The monoisotopic (exact) mass is 277 g/mol. The fourth-order valence-corrected chi connectivity index (χ4v) is 2.10. The molecule has 0 spiro atoms. The maximum Gasteiger partial charge on any atom is 0.416 e. The normalized spacial score (nSPS) is 13.4. The Kier molecular flexibility index (Phi) is 5.20. The van der Waals surface area contributed by atoms with Crippen LogP contribution in [0.5, 0.6) is 0 Å². The Morgan fingerprint density at radius 2 is 1.94 bits per heavy atom. The van der Waals surface area contributed by atoms with Gasteiger partial charge < -0.3 is 5.41 Å². The highest BCUT2D eigenvalue weighted by Crippen LogP contribution is 2.36. The molecule has 5 heteroatoms. The Hall–Kier alpha value is -1.03. The van der Waals surface area contributed by atoms with Gasteiger partial charge in [0.25, 0.3) is 0 Å². The van der Waals surface area contributed by atoms with E-state index in [0.717, 1.165) is 6.07 Å². The number of hydrogen-bond acceptors (Lipinski definition) is 1. The molecule has 0 aliphatic heterocycles. The van der Waals surface area contributed by atoms with Crippen LogP contribution in [0.15, 0.2) is 24.3 Å². The van der Waals surface area contributed by atoms with Crippen molar-refractivity contribution < 1.29 is 13.2 Å². The van der Waals surface area contributed by atoms with Gasteiger partial charge in [0.1, 0.15) is 0 Å². The molecule has 0 saturated carbocycles. The fraction of sp³-hybridized carbons (Fsp3) is 0.462. The summed E-state index contributed by atoms with van der Waals surface area (Å²) in [5.41, 5.74) is -0.254. The molecule has 0 fully saturated rings. The Bertz CT molecular complexity index is 415. The van der Waals surface area contributed by atoms with Gasteiger partial charge >= 0.3 is 6.18 Å². The van der Waals surface area contributed by atoms with E-state index in [1.807, 2.05) is 0 Å². The maximum absolute atomic E-state index is 12.9. The minimum atomic E-state index is -4.38. The Morgan fingerprint density at radius 3 is 2.44 bits per heavy atom. The van der Waals surface area contributed by atoms with E-state index in [0.29, 0.717) is 18.7 Å². The van der Waals surface area contributed by atoms with Crippen LogP contribution in [0.1, 0.15) is 36.8 Å². The molecule has 0 saturated heterocycles. The summed E-state index contributed by atoms with van der Waals surface area (Å²) in [7, 11) is 0. The van der Waals surface area contributed by atoms with Gasteiger partial charge in [-0.25, -0.2) is 0 Å². The first-order valence-electron chi connectivity index (χ1n) is 5.65. The molecule has 0 heterocycles. The van der Waals surface area contributed by atoms with Gasteiger partial charge in [-0.15, -0.1) is 11.6 Å². The van der Waals surface area contributed by atoms with Crippen molar-refractivity contribution in [2.45, 2.75) is 31.9 Å². The van der Waals surface area contributed by atoms with E-state index in [1.54, 1.807) is 6.07 Å². The summed E-state index contributed by atoms with van der Waals surface area (Å²) < 4.78 is 38.7. The second kappa shape index (κ2) is 6.23. The van der Waals surface area contributed by atoms with Crippen LogP contribution in [-0.4, -0.2) is 11.6 Å². The van der Waals surface area contributed by atoms with Crippen molar-refractivity contribution in [3.8, 4) is 0 Å². The third-order valence-corrected chi connectivity index (χ3v) is 3.06. The first kappa shape index (κ1) is 15.0. The lowest BCUT2D eigenvalue weighted by Gasteiger charge is -2.20. The zero-order chi connectivity index (χ0) is 13.8. The van der Waals surface area contributed by atoms with E-state index in [1.165, 1.54) is 19.1 Å². The number of nitrogens with one attached hydrogen (secondary N) is 1. The summed E-state index contributed by atoms with van der Waals surface area (Å²) in [6, 6.07) is 5.44. The predicted octanol–water partition coefficient (Wildman–Crippen LogP) is 4.85. The highest BCUT2D eigenvalue weighted by Gasteiger charge is 2.35. The average molecular weight is 278 g/mol. The van der Waals surface area contributed by atoms with Gasteiger partial charge in [0.05, 0.1) is 5.56 Å². The average Bonchev–Trinajstić information content (AvgIpc) is 2.28. The number of hydrogen-bond donors (Lipinski definition) is 1. The van der Waals surface area contributed by atoms with Crippen molar-refractivity contribution in [2.75, 3.05) is 5.88 Å². The molecule has 0 aliphatic carbocycles. The summed E-state index contributed by atoms with van der Waals surface area (Å²) in [6.45, 7) is 1.53. The minimum Gasteiger partial charge on any atom is -0.309 e. The first-order valence-corrected chi connectivity index (χ1v) is 6.18. The van der Waals surface area contributed by atoms with E-state index in [2.05, 4.69) is 0 Å². The van der Waals surface area contributed by atoms with Crippen LogP contribution in [-0.2, 0) is 6.18 Å². The van der Waals surface area contributed by atoms with Gasteiger partial charge in [0.2, 0.25) is 0 Å². The number of rotatable bonds is 5. The molecular weight excluding hydrogens is 263 g/mol. The molecule has 1 N–H and O–H groups in total. The second-order valence-electron chi connectivity index (χ2n) is 4.15. The minimum absolute atomic E-state index is 0.169. The van der Waals surface area contributed by atoms with Crippen molar-refractivity contribution in [1.29, 1.82) is 5.41 Å². The van der Waals surface area contributed by atoms with Gasteiger partial charge in [-0.1, -0.05) is 18.2 Å². The molecule has 0 aliphatic rings. The second-order valence-corrected chi connectivity index (χ2v) is 4.53. The van der Waals surface area contributed by atoms with E-state index in [-0.39, 0.29) is 11.3 Å². The van der Waals surface area contributed by atoms with Crippen LogP contribution in [0, 0.1) is 5.41 Å². The molecule has 1 atom stereocenters. The Labute approximate surface area is 109 Å². The van der Waals surface area contributed by atoms with Crippen molar-refractivity contribution in [3.05, 3.63) is 35.4 Å². The summed E-state index contributed by atoms with van der Waals surface area (Å²) in [4.78, 5) is 0. The van der Waals surface area contributed by atoms with Crippen LogP contribution >= 0.6 is 11.6 Å². The molecule has 0 amide bonds. The van der Waals surface area contributed by atoms with Crippen LogP contribution < -0.4 is 0 Å². The van der Waals surface area contributed by atoms with E-state index >= 15 is 0 Å². The Morgan fingerprint density at radius 1 is 1.33 bits per heavy atom. The molecule has 1 rings (SSSR count). The topological polar surface area (TPSA) is 23.9 Å². The summed E-state index contributed by atoms with van der Waals surface area (Å²) in [5, 5.41) is 7.66. The van der Waals surface area contributed by atoms with Gasteiger partial charge in [-0.2, -0.15) is 13.2 Å². The predicted molar refractivity (Wildman–Crippen MR) is 67.5 cm³/mol. The van der Waals surface area contributed by atoms with Crippen molar-refractivity contribution in [2.24, 2.45) is 0 Å². The van der Waals surface area contributed by atoms with Gasteiger partial charge in [-0.05, 0) is 31.4 Å². The summed E-state index contributed by atoms with van der Waals surface area (Å²) >= 11 is 5.57. The number of alkyl halides is 4. The van der Waals surface area contributed by atoms with Gasteiger partial charge in [-0.3, -0.25) is 0 Å². The van der Waals surface area contributed by atoms with E-state index in [9.17, 15) is 13.2 Å². The highest BCUT2D eigenvalue weighted by molar-refractivity contribution is 6.17. The maximum atomic E-state index is 12.9. The smallest absolute Gasteiger partial charge is 0.309 e. The summed E-state index contributed by atoms with van der Waals surface area (Å²) in [6.07, 6.45) is -3.33. The van der Waals surface area contributed by atoms with Crippen molar-refractivity contribution >= 4 is 17.3 Å². The molecule has 100 valence electrons. The Balaban J connectivity index is 3.16. The molecule has 1 unspecified atom stereocenters. The third kappa shape index (κ3) is 3.73. The number of halogens is 4. The van der Waals surface area contributed by atoms with Crippen LogP contribution in [0.2, 0.25) is 0 Å². The highest BCUT2D eigenvalue weighted by atomic mass is 35.5. The molecule has 1 aromatic carbocycles. The van der Waals surface area contributed by atoms with Crippen LogP contribution in [0.4, 0.5) is 13.2 Å². The van der Waals surface area contributed by atoms with Crippen LogP contribution in [0.25, 0.3) is 0 Å². The first-order chi connectivity index (χ1) is 8.38. The quantitative estimate of drug-likeness (QED) is 0.588. The summed E-state index contributed by atoms with van der Waals surface area (Å²) in [5.74, 6) is -0.126. The largest absolute Gasteiger partial charge is 0.416 e. The molecule has 18 heavy (non-hydrogen) atoms. The van der Waals surface area contributed by atoms with E-state index < -0.39 is 17.7 Å². The van der Waals surface area contributed by atoms with Crippen molar-refractivity contribution in [1.82, 2.24) is 0 Å². The zero-order valence-electron chi connectivity index (χ0n) is 10.0. The molecule has 0 radical (unpaired) electrons. The molecule has 1 nitrogen and oxygen atoms in total. The van der Waals surface area contributed by atoms with Gasteiger partial charge in [0, 0.05) is 17.5 Å². The van der Waals surface area contributed by atoms with E-state index in [4.69, 9.17) is 17.0 Å². The van der Waals surface area contributed by atoms with Gasteiger partial charge in [0.15, 0.2) is 0 Å². The zero-order valence-corrected chi connectivity index (χ0v) is 10.8. The van der Waals surface area contributed by atoms with Crippen molar-refractivity contribution in [3.63, 3.8) is 0 Å². The lowest BCUT2D eigenvalue weighted by Crippen LogP contribution is -2.16. The lowest BCUT2D eigenvalue weighted by atomic mass is 9.87. The SMILES string of the molecule is CC(=N)C(CCCCl)c1ccccc1C(F)(F)F. The molecular formula is C13H15ClF3N.